The summed E-state index contributed by atoms with van der Waals surface area (Å²) < 4.78 is 1.99. The van der Waals surface area contributed by atoms with Gasteiger partial charge < -0.3 is 9.47 Å². The summed E-state index contributed by atoms with van der Waals surface area (Å²) in [5.41, 5.74) is 1.86. The molecule has 6 heteroatoms. The fourth-order valence-corrected chi connectivity index (χ4v) is 3.39. The van der Waals surface area contributed by atoms with Gasteiger partial charge in [0, 0.05) is 19.5 Å². The van der Waals surface area contributed by atoms with Crippen molar-refractivity contribution in [3.8, 4) is 0 Å². The van der Waals surface area contributed by atoms with Crippen LogP contribution in [-0.2, 0) is 16.1 Å². The number of hydrogen-bond acceptors (Lipinski definition) is 3. The summed E-state index contributed by atoms with van der Waals surface area (Å²) in [5.74, 6) is 0.457. The van der Waals surface area contributed by atoms with Crippen molar-refractivity contribution in [3.63, 3.8) is 0 Å². The zero-order chi connectivity index (χ0) is 17.1. The number of aryl methyl sites for hydroxylation is 1. The smallest absolute Gasteiger partial charge is 0.249 e. The summed E-state index contributed by atoms with van der Waals surface area (Å²) in [6.07, 6.45) is 3.07. The molecule has 2 heterocycles. The van der Waals surface area contributed by atoms with Crippen LogP contribution in [0.15, 0.2) is 24.3 Å². The number of nitrogens with one attached hydrogen (secondary N) is 1. The van der Waals surface area contributed by atoms with E-state index in [2.05, 4.69) is 10.3 Å². The van der Waals surface area contributed by atoms with Gasteiger partial charge in [-0.25, -0.2) is 4.98 Å². The van der Waals surface area contributed by atoms with Gasteiger partial charge in [0.05, 0.1) is 11.0 Å². The maximum absolute atomic E-state index is 12.8. The van der Waals surface area contributed by atoms with Crippen molar-refractivity contribution in [3.05, 3.63) is 24.3 Å². The third kappa shape index (κ3) is 3.00. The number of benzene rings is 1. The van der Waals surface area contributed by atoms with Gasteiger partial charge >= 0.3 is 0 Å². The zero-order valence-electron chi connectivity index (χ0n) is 14.3. The Bertz CT molecular complexity index is 753. The molecule has 2 aromatic rings. The number of hydrogen-bond donors (Lipinski definition) is 1. The van der Waals surface area contributed by atoms with E-state index in [1.165, 1.54) is 0 Å². The summed E-state index contributed by atoms with van der Waals surface area (Å²) in [6, 6.07) is 7.44. The minimum atomic E-state index is -0.392. The number of para-hydroxylation sites is 2. The Balaban J connectivity index is 1.84. The Hall–Kier alpha value is -2.37. The number of fused-ring (bicyclic) bond motifs is 1. The van der Waals surface area contributed by atoms with Crippen LogP contribution >= 0.6 is 0 Å². The fraction of sp³-hybridized carbons (Fsp3) is 0.500. The number of aromatic nitrogens is 2. The van der Waals surface area contributed by atoms with E-state index in [9.17, 15) is 9.59 Å². The van der Waals surface area contributed by atoms with Crippen molar-refractivity contribution in [1.29, 1.82) is 0 Å². The van der Waals surface area contributed by atoms with Gasteiger partial charge in [-0.05, 0) is 38.3 Å². The first-order valence-electron chi connectivity index (χ1n) is 8.71. The summed E-state index contributed by atoms with van der Waals surface area (Å²) in [7, 11) is 0. The fourth-order valence-electron chi connectivity index (χ4n) is 3.39. The van der Waals surface area contributed by atoms with E-state index in [0.29, 0.717) is 25.3 Å². The van der Waals surface area contributed by atoms with Gasteiger partial charge in [-0.1, -0.05) is 19.1 Å². The van der Waals surface area contributed by atoms with Crippen molar-refractivity contribution in [1.82, 2.24) is 14.5 Å². The standard InChI is InChI=1S/C18H24N4O2/c1-3-16(23)22-12-8-7-11-15(22)17(24)20-18-19-13-9-5-6-10-14(13)21(18)4-2/h5-6,9-10,15H,3-4,7-8,11-12H2,1-2H3,(H,19,20,24)/t15-/m0/s1. The number of carbonyl (C=O) groups is 2. The maximum atomic E-state index is 12.8. The normalized spacial score (nSPS) is 17.9. The minimum absolute atomic E-state index is 0.0406. The molecule has 1 aliphatic rings. The molecule has 1 aliphatic heterocycles. The van der Waals surface area contributed by atoms with Gasteiger partial charge in [0.2, 0.25) is 17.8 Å². The van der Waals surface area contributed by atoms with Gasteiger partial charge in [-0.2, -0.15) is 0 Å². The van der Waals surface area contributed by atoms with E-state index in [1.807, 2.05) is 42.7 Å². The Morgan fingerprint density at radius 2 is 2.04 bits per heavy atom. The Kier molecular flexibility index (Phi) is 4.83. The molecule has 1 aromatic heterocycles. The number of imidazole rings is 1. The molecule has 1 saturated heterocycles. The molecule has 0 spiro atoms. The van der Waals surface area contributed by atoms with Crippen molar-refractivity contribution >= 4 is 28.8 Å². The molecule has 3 rings (SSSR count). The SMILES string of the molecule is CCC(=O)N1CCCC[C@H]1C(=O)Nc1nc2ccccc2n1CC. The number of rotatable bonds is 4. The average Bonchev–Trinajstić information content (AvgIpc) is 2.97. The monoisotopic (exact) mass is 328 g/mol. The molecule has 0 saturated carbocycles. The highest BCUT2D eigenvalue weighted by Crippen LogP contribution is 2.22. The van der Waals surface area contributed by atoms with E-state index in [1.54, 1.807) is 4.90 Å². The van der Waals surface area contributed by atoms with Crippen LogP contribution in [0.25, 0.3) is 11.0 Å². The third-order valence-electron chi connectivity index (χ3n) is 4.63. The highest BCUT2D eigenvalue weighted by molar-refractivity contribution is 5.97. The molecule has 1 N–H and O–H groups in total. The summed E-state index contributed by atoms with van der Waals surface area (Å²) >= 11 is 0. The van der Waals surface area contributed by atoms with Crippen LogP contribution in [0.1, 0.15) is 39.5 Å². The van der Waals surface area contributed by atoms with Crippen LogP contribution in [-0.4, -0.2) is 38.9 Å². The molecular weight excluding hydrogens is 304 g/mol. The lowest BCUT2D eigenvalue weighted by Crippen LogP contribution is -2.50. The van der Waals surface area contributed by atoms with Crippen molar-refractivity contribution in [2.75, 3.05) is 11.9 Å². The number of anilines is 1. The second-order valence-electron chi connectivity index (χ2n) is 6.11. The number of amides is 2. The first-order chi connectivity index (χ1) is 11.7. The highest BCUT2D eigenvalue weighted by Gasteiger charge is 2.32. The molecule has 6 nitrogen and oxygen atoms in total. The summed E-state index contributed by atoms with van der Waals surface area (Å²) in [6.45, 7) is 5.24. The lowest BCUT2D eigenvalue weighted by Gasteiger charge is -2.34. The van der Waals surface area contributed by atoms with E-state index in [0.717, 1.165) is 30.4 Å². The largest absolute Gasteiger partial charge is 0.331 e. The molecule has 0 radical (unpaired) electrons. The molecule has 128 valence electrons. The molecule has 0 unspecified atom stereocenters. The van der Waals surface area contributed by atoms with E-state index < -0.39 is 6.04 Å². The van der Waals surface area contributed by atoms with Crippen LogP contribution in [0, 0.1) is 0 Å². The lowest BCUT2D eigenvalue weighted by molar-refractivity contribution is -0.140. The maximum Gasteiger partial charge on any atom is 0.249 e. The zero-order valence-corrected chi connectivity index (χ0v) is 14.3. The van der Waals surface area contributed by atoms with E-state index in [4.69, 9.17) is 0 Å². The van der Waals surface area contributed by atoms with Gasteiger partial charge in [-0.15, -0.1) is 0 Å². The second-order valence-corrected chi connectivity index (χ2v) is 6.11. The van der Waals surface area contributed by atoms with Crippen LogP contribution in [0.2, 0.25) is 0 Å². The number of piperidine rings is 1. The lowest BCUT2D eigenvalue weighted by atomic mass is 10.0. The van der Waals surface area contributed by atoms with E-state index in [-0.39, 0.29) is 11.8 Å². The Labute approximate surface area is 141 Å². The average molecular weight is 328 g/mol. The molecular formula is C18H24N4O2. The molecule has 2 amide bonds. The third-order valence-corrected chi connectivity index (χ3v) is 4.63. The minimum Gasteiger partial charge on any atom is -0.331 e. The summed E-state index contributed by atoms with van der Waals surface area (Å²) in [5, 5.41) is 2.95. The molecule has 0 bridgehead atoms. The predicted octanol–water partition coefficient (Wildman–Crippen LogP) is 2.79. The van der Waals surface area contributed by atoms with Crippen molar-refractivity contribution in [2.45, 2.75) is 52.1 Å². The van der Waals surface area contributed by atoms with Gasteiger partial charge in [-0.3, -0.25) is 14.9 Å². The van der Waals surface area contributed by atoms with E-state index >= 15 is 0 Å². The van der Waals surface area contributed by atoms with Crippen LogP contribution in [0.5, 0.6) is 0 Å². The van der Waals surface area contributed by atoms with Crippen molar-refractivity contribution in [2.24, 2.45) is 0 Å². The summed E-state index contributed by atoms with van der Waals surface area (Å²) in [4.78, 5) is 31.2. The van der Waals surface area contributed by atoms with Crippen molar-refractivity contribution < 1.29 is 9.59 Å². The number of carbonyl (C=O) groups excluding carboxylic acids is 2. The van der Waals surface area contributed by atoms with Crippen LogP contribution in [0.3, 0.4) is 0 Å². The van der Waals surface area contributed by atoms with Crippen LogP contribution in [0.4, 0.5) is 5.95 Å². The first kappa shape index (κ1) is 16.5. The van der Waals surface area contributed by atoms with Gasteiger partial charge in [0.1, 0.15) is 6.04 Å². The number of nitrogens with zero attached hydrogens (tertiary/aromatic N) is 3. The molecule has 1 atom stereocenters. The van der Waals surface area contributed by atoms with Gasteiger partial charge in [0.15, 0.2) is 0 Å². The topological polar surface area (TPSA) is 67.2 Å². The Morgan fingerprint density at radius 3 is 2.79 bits per heavy atom. The molecule has 1 aromatic carbocycles. The number of likely N-dealkylation sites (tertiary alicyclic amines) is 1. The quantitative estimate of drug-likeness (QED) is 0.938. The first-order valence-corrected chi connectivity index (χ1v) is 8.71. The van der Waals surface area contributed by atoms with Crippen LogP contribution < -0.4 is 5.32 Å². The second kappa shape index (κ2) is 7.03. The molecule has 1 fully saturated rings. The molecule has 0 aliphatic carbocycles. The highest BCUT2D eigenvalue weighted by atomic mass is 16.2. The van der Waals surface area contributed by atoms with Gasteiger partial charge in [0.25, 0.3) is 0 Å². The Morgan fingerprint density at radius 1 is 1.25 bits per heavy atom. The molecule has 24 heavy (non-hydrogen) atoms. The predicted molar refractivity (Wildman–Crippen MR) is 93.7 cm³/mol.